The SMILES string of the molecule is NCc1cccc(F)c1Oc1ccc2c(c1)CCCC2. The summed E-state index contributed by atoms with van der Waals surface area (Å²) < 4.78 is 19.6. The van der Waals surface area contributed by atoms with Crippen LogP contribution in [0.25, 0.3) is 0 Å². The Morgan fingerprint density at radius 3 is 2.65 bits per heavy atom. The fourth-order valence-electron chi connectivity index (χ4n) is 2.72. The minimum Gasteiger partial charge on any atom is -0.454 e. The van der Waals surface area contributed by atoms with Gasteiger partial charge in [-0.25, -0.2) is 4.39 Å². The van der Waals surface area contributed by atoms with Gasteiger partial charge in [0.05, 0.1) is 0 Å². The minimum absolute atomic E-state index is 0.241. The molecule has 0 saturated heterocycles. The maximum atomic E-state index is 13.9. The molecule has 3 heteroatoms. The molecule has 0 heterocycles. The minimum atomic E-state index is -0.370. The predicted molar refractivity (Wildman–Crippen MR) is 77.4 cm³/mol. The number of nitrogens with two attached hydrogens (primary N) is 1. The molecule has 0 atom stereocenters. The first-order valence-corrected chi connectivity index (χ1v) is 7.05. The van der Waals surface area contributed by atoms with Crippen LogP contribution in [0.1, 0.15) is 29.5 Å². The monoisotopic (exact) mass is 271 g/mol. The van der Waals surface area contributed by atoms with Gasteiger partial charge in [0.25, 0.3) is 0 Å². The average Bonchev–Trinajstić information content (AvgIpc) is 2.49. The summed E-state index contributed by atoms with van der Waals surface area (Å²) in [6.07, 6.45) is 4.67. The highest BCUT2D eigenvalue weighted by Crippen LogP contribution is 2.31. The number of halogens is 1. The fraction of sp³-hybridized carbons (Fsp3) is 0.294. The third-order valence-electron chi connectivity index (χ3n) is 3.81. The number of para-hydroxylation sites is 1. The van der Waals surface area contributed by atoms with E-state index in [1.807, 2.05) is 12.1 Å². The lowest BCUT2D eigenvalue weighted by atomic mass is 9.92. The van der Waals surface area contributed by atoms with E-state index in [1.54, 1.807) is 12.1 Å². The Kier molecular flexibility index (Phi) is 3.70. The lowest BCUT2D eigenvalue weighted by molar-refractivity contribution is 0.435. The molecule has 1 aliphatic carbocycles. The van der Waals surface area contributed by atoms with Crippen LogP contribution in [-0.4, -0.2) is 0 Å². The summed E-state index contributed by atoms with van der Waals surface area (Å²) in [7, 11) is 0. The first kappa shape index (κ1) is 13.1. The van der Waals surface area contributed by atoms with E-state index >= 15 is 0 Å². The van der Waals surface area contributed by atoms with Crippen LogP contribution in [0.3, 0.4) is 0 Å². The second kappa shape index (κ2) is 5.63. The lowest BCUT2D eigenvalue weighted by Gasteiger charge is -2.17. The van der Waals surface area contributed by atoms with Crippen LogP contribution in [0.4, 0.5) is 4.39 Å². The van der Waals surface area contributed by atoms with Crippen LogP contribution in [0, 0.1) is 5.82 Å². The number of benzene rings is 2. The van der Waals surface area contributed by atoms with E-state index in [-0.39, 0.29) is 18.1 Å². The van der Waals surface area contributed by atoms with Crippen molar-refractivity contribution in [2.45, 2.75) is 32.2 Å². The Hall–Kier alpha value is -1.87. The summed E-state index contributed by atoms with van der Waals surface area (Å²) in [6, 6.07) is 10.9. The van der Waals surface area contributed by atoms with Crippen LogP contribution < -0.4 is 10.5 Å². The number of fused-ring (bicyclic) bond motifs is 1. The topological polar surface area (TPSA) is 35.2 Å². The zero-order chi connectivity index (χ0) is 13.9. The van der Waals surface area contributed by atoms with Crippen LogP contribution in [0.2, 0.25) is 0 Å². The second-order valence-corrected chi connectivity index (χ2v) is 5.17. The number of hydrogen-bond donors (Lipinski definition) is 1. The molecule has 20 heavy (non-hydrogen) atoms. The van der Waals surface area contributed by atoms with Crippen molar-refractivity contribution in [1.82, 2.24) is 0 Å². The summed E-state index contributed by atoms with van der Waals surface area (Å²) in [6.45, 7) is 0.262. The summed E-state index contributed by atoms with van der Waals surface area (Å²) in [4.78, 5) is 0. The molecular weight excluding hydrogens is 253 g/mol. The van der Waals surface area contributed by atoms with Crippen LogP contribution in [0.15, 0.2) is 36.4 Å². The highest BCUT2D eigenvalue weighted by atomic mass is 19.1. The molecule has 0 aromatic heterocycles. The summed E-state index contributed by atoms with van der Waals surface area (Å²) in [5, 5.41) is 0. The normalized spacial score (nSPS) is 13.9. The van der Waals surface area contributed by atoms with Gasteiger partial charge >= 0.3 is 0 Å². The summed E-state index contributed by atoms with van der Waals surface area (Å²) in [5.41, 5.74) is 9.02. The molecule has 104 valence electrons. The van der Waals surface area contributed by atoms with Crippen molar-refractivity contribution < 1.29 is 9.13 Å². The summed E-state index contributed by atoms with van der Waals surface area (Å²) in [5.74, 6) is 0.557. The molecular formula is C17H18FNO. The van der Waals surface area contributed by atoms with Gasteiger partial charge in [-0.1, -0.05) is 18.2 Å². The molecule has 2 nitrogen and oxygen atoms in total. The molecule has 0 saturated carbocycles. The van der Waals surface area contributed by atoms with Crippen molar-refractivity contribution in [2.24, 2.45) is 5.73 Å². The molecule has 0 amide bonds. The first-order valence-electron chi connectivity index (χ1n) is 7.05. The Labute approximate surface area is 118 Å². The van der Waals surface area contributed by atoms with Crippen molar-refractivity contribution in [1.29, 1.82) is 0 Å². The van der Waals surface area contributed by atoms with E-state index in [9.17, 15) is 4.39 Å². The second-order valence-electron chi connectivity index (χ2n) is 5.17. The van der Waals surface area contributed by atoms with E-state index in [0.717, 1.165) is 12.8 Å². The maximum Gasteiger partial charge on any atom is 0.167 e. The third kappa shape index (κ3) is 2.54. The highest BCUT2D eigenvalue weighted by Gasteiger charge is 2.13. The number of hydrogen-bond acceptors (Lipinski definition) is 2. The molecule has 0 bridgehead atoms. The molecule has 2 aromatic carbocycles. The maximum absolute atomic E-state index is 13.9. The first-order chi connectivity index (χ1) is 9.78. The Morgan fingerprint density at radius 2 is 1.85 bits per heavy atom. The quantitative estimate of drug-likeness (QED) is 0.917. The van der Waals surface area contributed by atoms with Crippen molar-refractivity contribution in [2.75, 3.05) is 0 Å². The van der Waals surface area contributed by atoms with Gasteiger partial charge in [0.1, 0.15) is 5.75 Å². The standard InChI is InChI=1S/C17H18FNO/c18-16-7-3-6-14(11-19)17(16)20-15-9-8-12-4-1-2-5-13(12)10-15/h3,6-10H,1-2,4-5,11,19H2. The molecule has 2 N–H and O–H groups in total. The van der Waals surface area contributed by atoms with Crippen molar-refractivity contribution >= 4 is 0 Å². The molecule has 0 spiro atoms. The third-order valence-corrected chi connectivity index (χ3v) is 3.81. The predicted octanol–water partition coefficient (Wildman–Crippen LogP) is 3.96. The Bertz CT molecular complexity index is 624. The van der Waals surface area contributed by atoms with Gasteiger partial charge in [-0.2, -0.15) is 0 Å². The largest absolute Gasteiger partial charge is 0.454 e. The Balaban J connectivity index is 1.92. The Morgan fingerprint density at radius 1 is 1.05 bits per heavy atom. The number of aryl methyl sites for hydroxylation is 2. The van der Waals surface area contributed by atoms with E-state index in [0.29, 0.717) is 11.3 Å². The van der Waals surface area contributed by atoms with Gasteiger partial charge in [-0.05, 0) is 55.0 Å². The summed E-state index contributed by atoms with van der Waals surface area (Å²) >= 11 is 0. The van der Waals surface area contributed by atoms with Gasteiger partial charge in [0.15, 0.2) is 11.6 Å². The zero-order valence-corrected chi connectivity index (χ0v) is 11.4. The van der Waals surface area contributed by atoms with Gasteiger partial charge in [-0.15, -0.1) is 0 Å². The smallest absolute Gasteiger partial charge is 0.167 e. The van der Waals surface area contributed by atoms with E-state index < -0.39 is 0 Å². The number of rotatable bonds is 3. The fourth-order valence-corrected chi connectivity index (χ4v) is 2.72. The van der Waals surface area contributed by atoms with Crippen molar-refractivity contribution in [3.63, 3.8) is 0 Å². The molecule has 2 aromatic rings. The van der Waals surface area contributed by atoms with Gasteiger partial charge in [0, 0.05) is 12.1 Å². The molecule has 1 aliphatic rings. The van der Waals surface area contributed by atoms with E-state index in [4.69, 9.17) is 10.5 Å². The average molecular weight is 271 g/mol. The van der Waals surface area contributed by atoms with Crippen LogP contribution in [0.5, 0.6) is 11.5 Å². The zero-order valence-electron chi connectivity index (χ0n) is 11.4. The van der Waals surface area contributed by atoms with Gasteiger partial charge < -0.3 is 10.5 Å². The molecule has 3 rings (SSSR count). The molecule has 0 unspecified atom stereocenters. The number of ether oxygens (including phenoxy) is 1. The van der Waals surface area contributed by atoms with Gasteiger partial charge in [0.2, 0.25) is 0 Å². The van der Waals surface area contributed by atoms with Crippen molar-refractivity contribution in [3.05, 3.63) is 58.9 Å². The van der Waals surface area contributed by atoms with Crippen LogP contribution >= 0.6 is 0 Å². The molecule has 0 fully saturated rings. The molecule has 0 aliphatic heterocycles. The molecule has 0 radical (unpaired) electrons. The van der Waals surface area contributed by atoms with E-state index in [1.165, 1.54) is 30.0 Å². The van der Waals surface area contributed by atoms with Crippen molar-refractivity contribution in [3.8, 4) is 11.5 Å². The highest BCUT2D eigenvalue weighted by molar-refractivity contribution is 5.42. The van der Waals surface area contributed by atoms with E-state index in [2.05, 4.69) is 6.07 Å². The van der Waals surface area contributed by atoms with Gasteiger partial charge in [-0.3, -0.25) is 0 Å². The van der Waals surface area contributed by atoms with Crippen LogP contribution in [-0.2, 0) is 19.4 Å². The lowest BCUT2D eigenvalue weighted by Crippen LogP contribution is -2.04.